The molecule has 108 valence electrons. The summed E-state index contributed by atoms with van der Waals surface area (Å²) in [5.74, 6) is 2.67. The van der Waals surface area contributed by atoms with Gasteiger partial charge in [0.2, 0.25) is 5.91 Å². The smallest absolute Gasteiger partial charge is 0.303 e. The average Bonchev–Trinajstić information content (AvgIpc) is 3.21. The van der Waals surface area contributed by atoms with Crippen molar-refractivity contribution in [1.82, 2.24) is 4.90 Å². The first kappa shape index (κ1) is 14.7. The van der Waals surface area contributed by atoms with Crippen LogP contribution in [0, 0.1) is 11.8 Å². The van der Waals surface area contributed by atoms with E-state index in [9.17, 15) is 9.59 Å². The SMILES string of the molecule is O=C(O)CCC1CCN(C(=O)CSCC2CC2)CC1. The molecule has 4 nitrogen and oxygen atoms in total. The highest BCUT2D eigenvalue weighted by molar-refractivity contribution is 7.99. The predicted molar refractivity (Wildman–Crippen MR) is 76.2 cm³/mol. The van der Waals surface area contributed by atoms with Gasteiger partial charge < -0.3 is 10.0 Å². The number of piperidine rings is 1. The molecule has 5 heteroatoms. The van der Waals surface area contributed by atoms with Gasteiger partial charge in [-0.25, -0.2) is 0 Å². The van der Waals surface area contributed by atoms with Crippen LogP contribution in [0.1, 0.15) is 38.5 Å². The van der Waals surface area contributed by atoms with Gasteiger partial charge in [-0.3, -0.25) is 9.59 Å². The summed E-state index contributed by atoms with van der Waals surface area (Å²) in [4.78, 5) is 24.5. The highest BCUT2D eigenvalue weighted by Crippen LogP contribution is 2.32. The second-order valence-electron chi connectivity index (χ2n) is 5.72. The van der Waals surface area contributed by atoms with E-state index < -0.39 is 5.97 Å². The van der Waals surface area contributed by atoms with Gasteiger partial charge in [0.25, 0.3) is 0 Å². The van der Waals surface area contributed by atoms with E-state index in [1.54, 1.807) is 11.8 Å². The van der Waals surface area contributed by atoms with Crippen molar-refractivity contribution >= 4 is 23.6 Å². The summed E-state index contributed by atoms with van der Waals surface area (Å²) in [6.45, 7) is 1.63. The molecule has 1 saturated heterocycles. The maximum atomic E-state index is 12.0. The number of likely N-dealkylation sites (tertiary alicyclic amines) is 1. The zero-order valence-electron chi connectivity index (χ0n) is 11.3. The van der Waals surface area contributed by atoms with Gasteiger partial charge in [0.05, 0.1) is 5.75 Å². The van der Waals surface area contributed by atoms with Crippen molar-refractivity contribution in [2.45, 2.75) is 38.5 Å². The van der Waals surface area contributed by atoms with Gasteiger partial charge >= 0.3 is 5.97 Å². The second kappa shape index (κ2) is 7.17. The normalized spacial score (nSPS) is 20.5. The summed E-state index contributed by atoms with van der Waals surface area (Å²) in [7, 11) is 0. The van der Waals surface area contributed by atoms with Crippen LogP contribution in [0.25, 0.3) is 0 Å². The monoisotopic (exact) mass is 285 g/mol. The Bertz CT molecular complexity index is 323. The van der Waals surface area contributed by atoms with E-state index in [-0.39, 0.29) is 12.3 Å². The highest BCUT2D eigenvalue weighted by Gasteiger charge is 2.24. The number of nitrogens with zero attached hydrogens (tertiary/aromatic N) is 1. The minimum absolute atomic E-state index is 0.260. The Balaban J connectivity index is 1.58. The van der Waals surface area contributed by atoms with Gasteiger partial charge in [-0.15, -0.1) is 0 Å². The number of amides is 1. The van der Waals surface area contributed by atoms with E-state index in [0.717, 1.165) is 44.0 Å². The quantitative estimate of drug-likeness (QED) is 0.779. The van der Waals surface area contributed by atoms with E-state index >= 15 is 0 Å². The summed E-state index contributed by atoms with van der Waals surface area (Å²) in [6, 6.07) is 0. The Kier molecular flexibility index (Phi) is 5.55. The fourth-order valence-electron chi connectivity index (χ4n) is 2.49. The summed E-state index contributed by atoms with van der Waals surface area (Å²) in [5.41, 5.74) is 0. The lowest BCUT2D eigenvalue weighted by Crippen LogP contribution is -2.39. The van der Waals surface area contributed by atoms with Gasteiger partial charge in [-0.1, -0.05) is 0 Å². The molecule has 19 heavy (non-hydrogen) atoms. The lowest BCUT2D eigenvalue weighted by Gasteiger charge is -2.31. The van der Waals surface area contributed by atoms with Crippen molar-refractivity contribution in [1.29, 1.82) is 0 Å². The molecule has 0 unspecified atom stereocenters. The largest absolute Gasteiger partial charge is 0.481 e. The average molecular weight is 285 g/mol. The molecular formula is C14H23NO3S. The first-order valence-electron chi connectivity index (χ1n) is 7.22. The maximum Gasteiger partial charge on any atom is 0.303 e. The summed E-state index contributed by atoms with van der Waals surface area (Å²) < 4.78 is 0. The van der Waals surface area contributed by atoms with Crippen molar-refractivity contribution in [3.05, 3.63) is 0 Å². The first-order valence-corrected chi connectivity index (χ1v) is 8.38. The summed E-state index contributed by atoms with van der Waals surface area (Å²) in [6.07, 6.45) is 5.63. The number of hydrogen-bond donors (Lipinski definition) is 1. The standard InChI is InChI=1S/C14H23NO3S/c16-13(10-19-9-12-1-2-12)15-7-5-11(6-8-15)3-4-14(17)18/h11-12H,1-10H2,(H,17,18). The zero-order valence-corrected chi connectivity index (χ0v) is 12.2. The molecule has 0 aromatic rings. The number of hydrogen-bond acceptors (Lipinski definition) is 3. The van der Waals surface area contributed by atoms with Crippen molar-refractivity contribution in [3.8, 4) is 0 Å². The van der Waals surface area contributed by atoms with Crippen molar-refractivity contribution in [3.63, 3.8) is 0 Å². The van der Waals surface area contributed by atoms with E-state index in [2.05, 4.69) is 0 Å². The molecular weight excluding hydrogens is 262 g/mol. The fourth-order valence-corrected chi connectivity index (χ4v) is 3.63. The molecule has 0 aromatic carbocycles. The Morgan fingerprint density at radius 3 is 2.37 bits per heavy atom. The minimum Gasteiger partial charge on any atom is -0.481 e. The molecule has 2 fully saturated rings. The molecule has 0 spiro atoms. The Hall–Kier alpha value is -0.710. The van der Waals surface area contributed by atoms with Gasteiger partial charge in [0, 0.05) is 19.5 Å². The Morgan fingerprint density at radius 1 is 1.11 bits per heavy atom. The molecule has 0 radical (unpaired) electrons. The van der Waals surface area contributed by atoms with Crippen LogP contribution in [0.5, 0.6) is 0 Å². The van der Waals surface area contributed by atoms with Crippen LogP contribution in [-0.2, 0) is 9.59 Å². The van der Waals surface area contributed by atoms with Crippen LogP contribution >= 0.6 is 11.8 Å². The maximum absolute atomic E-state index is 12.0. The third kappa shape index (κ3) is 5.43. The van der Waals surface area contributed by atoms with Crippen molar-refractivity contribution in [2.24, 2.45) is 11.8 Å². The second-order valence-corrected chi connectivity index (χ2v) is 6.75. The molecule has 1 saturated carbocycles. The molecule has 1 amide bonds. The summed E-state index contributed by atoms with van der Waals surface area (Å²) >= 11 is 1.77. The number of carbonyl (C=O) groups excluding carboxylic acids is 1. The molecule has 1 N–H and O–H groups in total. The lowest BCUT2D eigenvalue weighted by atomic mass is 9.92. The third-order valence-corrected chi connectivity index (χ3v) is 5.17. The van der Waals surface area contributed by atoms with Gasteiger partial charge in [0.1, 0.15) is 0 Å². The molecule has 2 aliphatic rings. The van der Waals surface area contributed by atoms with Crippen LogP contribution in [0.3, 0.4) is 0 Å². The van der Waals surface area contributed by atoms with Crippen LogP contribution in [0.2, 0.25) is 0 Å². The number of aliphatic carboxylic acids is 1. The zero-order chi connectivity index (χ0) is 13.7. The molecule has 0 aromatic heterocycles. The van der Waals surface area contributed by atoms with Crippen LogP contribution < -0.4 is 0 Å². The number of carboxylic acid groups (broad SMARTS) is 1. The molecule has 1 aliphatic carbocycles. The van der Waals surface area contributed by atoms with Crippen LogP contribution in [0.4, 0.5) is 0 Å². The highest BCUT2D eigenvalue weighted by atomic mass is 32.2. The first-order chi connectivity index (χ1) is 9.15. The van der Waals surface area contributed by atoms with Gasteiger partial charge in [0.15, 0.2) is 0 Å². The third-order valence-electron chi connectivity index (χ3n) is 4.01. The van der Waals surface area contributed by atoms with Crippen LogP contribution in [-0.4, -0.2) is 46.5 Å². The van der Waals surface area contributed by atoms with Crippen LogP contribution in [0.15, 0.2) is 0 Å². The minimum atomic E-state index is -0.713. The molecule has 0 atom stereocenters. The topological polar surface area (TPSA) is 57.6 Å². The fraction of sp³-hybridized carbons (Fsp3) is 0.857. The summed E-state index contributed by atoms with van der Waals surface area (Å²) in [5, 5.41) is 8.66. The van der Waals surface area contributed by atoms with Crippen molar-refractivity contribution < 1.29 is 14.7 Å². The lowest BCUT2D eigenvalue weighted by molar-refractivity contribution is -0.137. The number of rotatable bonds is 7. The van der Waals surface area contributed by atoms with Gasteiger partial charge in [-0.2, -0.15) is 11.8 Å². The predicted octanol–water partition coefficient (Wildman–Crippen LogP) is 2.23. The van der Waals surface area contributed by atoms with Crippen molar-refractivity contribution in [2.75, 3.05) is 24.6 Å². The van der Waals surface area contributed by atoms with E-state index in [0.29, 0.717) is 11.7 Å². The number of carbonyl (C=O) groups is 2. The number of thioether (sulfide) groups is 1. The Labute approximate surface area is 118 Å². The van der Waals surface area contributed by atoms with Gasteiger partial charge in [-0.05, 0) is 49.7 Å². The molecule has 0 bridgehead atoms. The van der Waals surface area contributed by atoms with E-state index in [4.69, 9.17) is 5.11 Å². The molecule has 1 heterocycles. The van der Waals surface area contributed by atoms with E-state index in [1.165, 1.54) is 12.8 Å². The van der Waals surface area contributed by atoms with E-state index in [1.807, 2.05) is 4.90 Å². The Morgan fingerprint density at radius 2 is 1.79 bits per heavy atom. The number of carboxylic acids is 1. The molecule has 2 rings (SSSR count). The molecule has 1 aliphatic heterocycles.